The van der Waals surface area contributed by atoms with E-state index < -0.39 is 0 Å². The Bertz CT molecular complexity index is 656. The van der Waals surface area contributed by atoms with Crippen LogP contribution in [0.3, 0.4) is 0 Å². The Hall–Kier alpha value is -2.43. The average molecular weight is 282 g/mol. The van der Waals surface area contributed by atoms with Gasteiger partial charge in [0.2, 0.25) is 5.91 Å². The van der Waals surface area contributed by atoms with Crippen molar-refractivity contribution in [3.63, 3.8) is 0 Å². The third kappa shape index (κ3) is 3.18. The molecule has 0 saturated carbocycles. The Labute approximate surface area is 124 Å². The first-order valence-corrected chi connectivity index (χ1v) is 7.09. The Morgan fingerprint density at radius 1 is 1.29 bits per heavy atom. The summed E-state index contributed by atoms with van der Waals surface area (Å²) < 4.78 is 0. The topological polar surface area (TPSA) is 58.1 Å². The maximum Gasteiger partial charge on any atom is 0.242 e. The molecule has 0 atom stereocenters. The minimum absolute atomic E-state index is 0.0906. The molecule has 1 aromatic carbocycles. The number of rotatable bonds is 3. The van der Waals surface area contributed by atoms with Gasteiger partial charge in [-0.1, -0.05) is 24.3 Å². The Morgan fingerprint density at radius 2 is 2.10 bits per heavy atom. The van der Waals surface area contributed by atoms with Crippen LogP contribution in [0, 0.1) is 6.92 Å². The maximum absolute atomic E-state index is 12.3. The fourth-order valence-electron chi connectivity index (χ4n) is 2.54. The van der Waals surface area contributed by atoms with Crippen LogP contribution in [0.25, 0.3) is 0 Å². The molecule has 0 aliphatic carbocycles. The predicted octanol–water partition coefficient (Wildman–Crippen LogP) is 1.78. The Balaban J connectivity index is 1.59. The molecule has 21 heavy (non-hydrogen) atoms. The molecule has 2 heterocycles. The molecule has 1 aliphatic heterocycles. The van der Waals surface area contributed by atoms with E-state index in [1.807, 2.05) is 24.0 Å². The van der Waals surface area contributed by atoms with Gasteiger partial charge >= 0.3 is 0 Å². The molecule has 1 aliphatic rings. The van der Waals surface area contributed by atoms with E-state index in [2.05, 4.69) is 27.4 Å². The second-order valence-electron chi connectivity index (χ2n) is 5.23. The number of aryl methyl sites for hydroxylation is 1. The lowest BCUT2D eigenvalue weighted by Gasteiger charge is -2.29. The summed E-state index contributed by atoms with van der Waals surface area (Å²) >= 11 is 0. The molecule has 1 aromatic heterocycles. The van der Waals surface area contributed by atoms with Crippen LogP contribution >= 0.6 is 0 Å². The van der Waals surface area contributed by atoms with Crippen LogP contribution in [0.1, 0.15) is 16.8 Å². The van der Waals surface area contributed by atoms with Crippen LogP contribution in [0.15, 0.2) is 36.7 Å². The lowest BCUT2D eigenvalue weighted by Crippen LogP contribution is -2.39. The molecule has 0 fully saturated rings. The number of carbonyl (C=O) groups is 1. The SMILES string of the molecule is Cc1cncc(NCC(=O)N2CCc3ccccc3C2)n1. The van der Waals surface area contributed by atoms with Crippen molar-refractivity contribution in [3.05, 3.63) is 53.5 Å². The largest absolute Gasteiger partial charge is 0.360 e. The number of nitrogens with one attached hydrogen (secondary N) is 1. The van der Waals surface area contributed by atoms with Crippen LogP contribution in [0.4, 0.5) is 5.82 Å². The molecule has 0 radical (unpaired) electrons. The minimum atomic E-state index is 0.0906. The van der Waals surface area contributed by atoms with Crippen molar-refractivity contribution in [1.29, 1.82) is 0 Å². The van der Waals surface area contributed by atoms with Crippen molar-refractivity contribution in [2.75, 3.05) is 18.4 Å². The van der Waals surface area contributed by atoms with Gasteiger partial charge in [-0.2, -0.15) is 0 Å². The van der Waals surface area contributed by atoms with Gasteiger partial charge in [-0.3, -0.25) is 9.78 Å². The van der Waals surface area contributed by atoms with Gasteiger partial charge < -0.3 is 10.2 Å². The molecular formula is C16H18N4O. The summed E-state index contributed by atoms with van der Waals surface area (Å²) in [6, 6.07) is 8.30. The number of fused-ring (bicyclic) bond motifs is 1. The van der Waals surface area contributed by atoms with Crippen LogP contribution in [0.5, 0.6) is 0 Å². The number of benzene rings is 1. The highest BCUT2D eigenvalue weighted by atomic mass is 16.2. The molecule has 5 heteroatoms. The first kappa shape index (κ1) is 13.5. The van der Waals surface area contributed by atoms with Gasteiger partial charge in [0.1, 0.15) is 5.82 Å². The third-order valence-corrected chi connectivity index (χ3v) is 3.66. The molecule has 0 unspecified atom stereocenters. The van der Waals surface area contributed by atoms with Gasteiger partial charge in [-0.05, 0) is 24.5 Å². The van der Waals surface area contributed by atoms with E-state index in [1.165, 1.54) is 11.1 Å². The number of hydrogen-bond donors (Lipinski definition) is 1. The molecule has 3 rings (SSSR count). The van der Waals surface area contributed by atoms with Crippen molar-refractivity contribution in [2.24, 2.45) is 0 Å². The highest BCUT2D eigenvalue weighted by molar-refractivity contribution is 5.80. The highest BCUT2D eigenvalue weighted by Gasteiger charge is 2.19. The quantitative estimate of drug-likeness (QED) is 0.932. The Morgan fingerprint density at radius 3 is 2.90 bits per heavy atom. The fourth-order valence-corrected chi connectivity index (χ4v) is 2.54. The van der Waals surface area contributed by atoms with E-state index in [1.54, 1.807) is 12.4 Å². The number of aromatic nitrogens is 2. The van der Waals surface area contributed by atoms with Crippen molar-refractivity contribution < 1.29 is 4.79 Å². The number of carbonyl (C=O) groups excluding carboxylic acids is 1. The maximum atomic E-state index is 12.3. The third-order valence-electron chi connectivity index (χ3n) is 3.66. The van der Waals surface area contributed by atoms with E-state index in [0.29, 0.717) is 12.4 Å². The molecule has 1 amide bonds. The average Bonchev–Trinajstić information content (AvgIpc) is 2.52. The van der Waals surface area contributed by atoms with Gasteiger partial charge in [0.05, 0.1) is 18.4 Å². The summed E-state index contributed by atoms with van der Waals surface area (Å²) in [5.74, 6) is 0.730. The van der Waals surface area contributed by atoms with E-state index in [9.17, 15) is 4.79 Å². The zero-order valence-electron chi connectivity index (χ0n) is 12.0. The van der Waals surface area contributed by atoms with E-state index in [4.69, 9.17) is 0 Å². The lowest BCUT2D eigenvalue weighted by atomic mass is 10.00. The van der Waals surface area contributed by atoms with Gasteiger partial charge in [-0.15, -0.1) is 0 Å². The standard InChI is InChI=1S/C16H18N4O/c1-12-8-17-9-15(19-12)18-10-16(21)20-7-6-13-4-2-3-5-14(13)11-20/h2-5,8-9H,6-7,10-11H2,1H3,(H,18,19). The van der Waals surface area contributed by atoms with Crippen molar-refractivity contribution >= 4 is 11.7 Å². The van der Waals surface area contributed by atoms with Crippen molar-refractivity contribution in [3.8, 4) is 0 Å². The second-order valence-corrected chi connectivity index (χ2v) is 5.23. The van der Waals surface area contributed by atoms with E-state index >= 15 is 0 Å². The molecule has 0 spiro atoms. The van der Waals surface area contributed by atoms with Gasteiger partial charge in [0.25, 0.3) is 0 Å². The summed E-state index contributed by atoms with van der Waals surface area (Å²) in [6.07, 6.45) is 4.24. The normalized spacial score (nSPS) is 13.7. The summed E-state index contributed by atoms with van der Waals surface area (Å²) in [6.45, 7) is 3.59. The molecule has 108 valence electrons. The summed E-state index contributed by atoms with van der Waals surface area (Å²) in [5.41, 5.74) is 3.42. The zero-order valence-corrected chi connectivity index (χ0v) is 12.0. The molecule has 2 aromatic rings. The van der Waals surface area contributed by atoms with Crippen molar-refractivity contribution in [2.45, 2.75) is 19.9 Å². The molecule has 1 N–H and O–H groups in total. The minimum Gasteiger partial charge on any atom is -0.360 e. The fraction of sp³-hybridized carbons (Fsp3) is 0.312. The predicted molar refractivity (Wildman–Crippen MR) is 80.8 cm³/mol. The first-order chi connectivity index (χ1) is 10.2. The van der Waals surface area contributed by atoms with Crippen LogP contribution in [0.2, 0.25) is 0 Å². The van der Waals surface area contributed by atoms with Crippen LogP contribution in [-0.4, -0.2) is 33.9 Å². The smallest absolute Gasteiger partial charge is 0.242 e. The first-order valence-electron chi connectivity index (χ1n) is 7.09. The zero-order chi connectivity index (χ0) is 14.7. The molecule has 5 nitrogen and oxygen atoms in total. The van der Waals surface area contributed by atoms with E-state index in [0.717, 1.165) is 18.7 Å². The van der Waals surface area contributed by atoms with Crippen molar-refractivity contribution in [1.82, 2.24) is 14.9 Å². The van der Waals surface area contributed by atoms with Crippen LogP contribution in [-0.2, 0) is 17.8 Å². The molecular weight excluding hydrogens is 264 g/mol. The number of anilines is 1. The van der Waals surface area contributed by atoms with E-state index in [-0.39, 0.29) is 12.5 Å². The van der Waals surface area contributed by atoms with Gasteiger partial charge in [0.15, 0.2) is 0 Å². The highest BCUT2D eigenvalue weighted by Crippen LogP contribution is 2.18. The van der Waals surface area contributed by atoms with Gasteiger partial charge in [-0.25, -0.2) is 4.98 Å². The monoisotopic (exact) mass is 282 g/mol. The Kier molecular flexibility index (Phi) is 3.81. The molecule has 0 bridgehead atoms. The number of amides is 1. The lowest BCUT2D eigenvalue weighted by molar-refractivity contribution is -0.130. The van der Waals surface area contributed by atoms with Crippen LogP contribution < -0.4 is 5.32 Å². The molecule has 0 saturated heterocycles. The van der Waals surface area contributed by atoms with Gasteiger partial charge in [0, 0.05) is 19.3 Å². The summed E-state index contributed by atoms with van der Waals surface area (Å²) in [4.78, 5) is 22.5. The number of hydrogen-bond acceptors (Lipinski definition) is 4. The second kappa shape index (κ2) is 5.91. The summed E-state index contributed by atoms with van der Waals surface area (Å²) in [7, 11) is 0. The number of nitrogens with zero attached hydrogens (tertiary/aromatic N) is 3. The summed E-state index contributed by atoms with van der Waals surface area (Å²) in [5, 5.41) is 3.04.